The molecule has 1 aliphatic rings. The fourth-order valence-corrected chi connectivity index (χ4v) is 2.68. The van der Waals surface area contributed by atoms with Crippen LogP contribution in [0.3, 0.4) is 0 Å². The van der Waals surface area contributed by atoms with E-state index in [4.69, 9.17) is 9.47 Å². The van der Waals surface area contributed by atoms with Crippen LogP contribution in [-0.2, 0) is 14.3 Å². The summed E-state index contributed by atoms with van der Waals surface area (Å²) in [7, 11) is 1.54. The first-order valence-corrected chi connectivity index (χ1v) is 8.41. The van der Waals surface area contributed by atoms with Crippen molar-refractivity contribution >= 4 is 17.8 Å². The van der Waals surface area contributed by atoms with Gasteiger partial charge in [0, 0.05) is 11.6 Å². The van der Waals surface area contributed by atoms with Crippen LogP contribution in [0.5, 0.6) is 5.75 Å². The van der Waals surface area contributed by atoms with Crippen molar-refractivity contribution in [3.8, 4) is 5.75 Å². The Kier molecular flexibility index (Phi) is 6.80. The summed E-state index contributed by atoms with van der Waals surface area (Å²) in [5, 5.41) is 5.34. The molecular weight excluding hydrogens is 324 g/mol. The summed E-state index contributed by atoms with van der Waals surface area (Å²) in [4.78, 5) is 35.7. The Hall–Kier alpha value is -2.57. The van der Waals surface area contributed by atoms with E-state index in [-0.39, 0.29) is 18.5 Å². The Labute approximate surface area is 147 Å². The molecule has 1 aromatic carbocycles. The normalized spacial score (nSPS) is 15.3. The molecule has 0 spiro atoms. The maximum Gasteiger partial charge on any atom is 0.326 e. The minimum Gasteiger partial charge on any atom is -0.497 e. The standard InChI is InChI=1S/C18H24N2O5/c1-12(17(22)20-14-5-3-4-6-14)25-16(21)11-19-18(23)13-7-9-15(24-2)10-8-13/h7-10,12,14H,3-6,11H2,1-2H3,(H,19,23)(H,20,22)/t12-/m1/s1. The molecule has 2 rings (SSSR count). The van der Waals surface area contributed by atoms with E-state index in [1.807, 2.05) is 0 Å². The number of esters is 1. The van der Waals surface area contributed by atoms with Crippen molar-refractivity contribution in [2.24, 2.45) is 0 Å². The van der Waals surface area contributed by atoms with E-state index in [2.05, 4.69) is 10.6 Å². The topological polar surface area (TPSA) is 93.7 Å². The summed E-state index contributed by atoms with van der Waals surface area (Å²) in [6.07, 6.45) is 3.26. The molecule has 2 N–H and O–H groups in total. The van der Waals surface area contributed by atoms with Gasteiger partial charge in [0.1, 0.15) is 12.3 Å². The van der Waals surface area contributed by atoms with Crippen LogP contribution in [0.1, 0.15) is 43.0 Å². The summed E-state index contributed by atoms with van der Waals surface area (Å²) in [5.41, 5.74) is 0.403. The fourth-order valence-electron chi connectivity index (χ4n) is 2.68. The molecule has 0 aromatic heterocycles. The van der Waals surface area contributed by atoms with Gasteiger partial charge >= 0.3 is 5.97 Å². The number of ether oxygens (including phenoxy) is 2. The van der Waals surface area contributed by atoms with Crippen molar-refractivity contribution in [2.45, 2.75) is 44.8 Å². The summed E-state index contributed by atoms with van der Waals surface area (Å²) in [6, 6.07) is 6.67. The second-order valence-corrected chi connectivity index (χ2v) is 6.03. The van der Waals surface area contributed by atoms with Gasteiger partial charge in [-0.3, -0.25) is 14.4 Å². The van der Waals surface area contributed by atoms with Gasteiger partial charge < -0.3 is 20.1 Å². The first-order valence-electron chi connectivity index (χ1n) is 8.41. The van der Waals surface area contributed by atoms with Crippen LogP contribution in [0, 0.1) is 0 Å². The van der Waals surface area contributed by atoms with E-state index in [0.29, 0.717) is 11.3 Å². The maximum absolute atomic E-state index is 12.0. The van der Waals surface area contributed by atoms with Gasteiger partial charge in [0.25, 0.3) is 11.8 Å². The van der Waals surface area contributed by atoms with Crippen molar-refractivity contribution in [3.63, 3.8) is 0 Å². The van der Waals surface area contributed by atoms with Crippen LogP contribution in [0.4, 0.5) is 0 Å². The highest BCUT2D eigenvalue weighted by molar-refractivity contribution is 5.96. The highest BCUT2D eigenvalue weighted by Gasteiger charge is 2.23. The Morgan fingerprint density at radius 2 is 1.80 bits per heavy atom. The van der Waals surface area contributed by atoms with Crippen LogP contribution in [0.25, 0.3) is 0 Å². The van der Waals surface area contributed by atoms with Gasteiger partial charge in [0.05, 0.1) is 7.11 Å². The lowest BCUT2D eigenvalue weighted by Gasteiger charge is -2.17. The average Bonchev–Trinajstić information content (AvgIpc) is 3.12. The molecule has 136 valence electrons. The number of benzene rings is 1. The number of nitrogens with one attached hydrogen (secondary N) is 2. The lowest BCUT2D eigenvalue weighted by molar-refractivity contribution is -0.154. The predicted octanol–water partition coefficient (Wildman–Crippen LogP) is 1.42. The molecule has 0 aliphatic heterocycles. The molecule has 2 amide bonds. The zero-order chi connectivity index (χ0) is 18.2. The first kappa shape index (κ1) is 18.8. The van der Waals surface area contributed by atoms with E-state index >= 15 is 0 Å². The molecule has 0 bridgehead atoms. The number of methoxy groups -OCH3 is 1. The first-order chi connectivity index (χ1) is 12.0. The molecular formula is C18H24N2O5. The van der Waals surface area contributed by atoms with E-state index in [9.17, 15) is 14.4 Å². The van der Waals surface area contributed by atoms with E-state index in [1.165, 1.54) is 14.0 Å². The molecule has 1 saturated carbocycles. The number of carbonyl (C=O) groups excluding carboxylic acids is 3. The van der Waals surface area contributed by atoms with Crippen LogP contribution >= 0.6 is 0 Å². The lowest BCUT2D eigenvalue weighted by Crippen LogP contribution is -2.42. The van der Waals surface area contributed by atoms with Gasteiger partial charge in [-0.1, -0.05) is 12.8 Å². The zero-order valence-corrected chi connectivity index (χ0v) is 14.5. The quantitative estimate of drug-likeness (QED) is 0.727. The van der Waals surface area contributed by atoms with Crippen molar-refractivity contribution in [3.05, 3.63) is 29.8 Å². The third-order valence-electron chi connectivity index (χ3n) is 4.12. The highest BCUT2D eigenvalue weighted by atomic mass is 16.5. The molecule has 7 nitrogen and oxygen atoms in total. The van der Waals surface area contributed by atoms with Crippen LogP contribution in [0.15, 0.2) is 24.3 Å². The third kappa shape index (κ3) is 5.77. The van der Waals surface area contributed by atoms with Crippen molar-refractivity contribution in [1.29, 1.82) is 0 Å². The number of rotatable bonds is 7. The van der Waals surface area contributed by atoms with Gasteiger partial charge in [-0.2, -0.15) is 0 Å². The number of carbonyl (C=O) groups is 3. The van der Waals surface area contributed by atoms with Crippen LogP contribution in [-0.4, -0.2) is 43.6 Å². The molecule has 1 atom stereocenters. The number of hydrogen-bond acceptors (Lipinski definition) is 5. The monoisotopic (exact) mass is 348 g/mol. The molecule has 0 radical (unpaired) electrons. The largest absolute Gasteiger partial charge is 0.497 e. The summed E-state index contributed by atoms with van der Waals surface area (Å²) >= 11 is 0. The molecule has 1 aliphatic carbocycles. The van der Waals surface area contributed by atoms with Crippen molar-refractivity contribution < 1.29 is 23.9 Å². The molecule has 1 aromatic rings. The predicted molar refractivity (Wildman–Crippen MR) is 91.3 cm³/mol. The Balaban J connectivity index is 1.73. The summed E-state index contributed by atoms with van der Waals surface area (Å²) in [5.74, 6) is -0.724. The molecule has 0 heterocycles. The number of hydrogen-bond donors (Lipinski definition) is 2. The molecule has 7 heteroatoms. The molecule has 0 saturated heterocycles. The molecule has 1 fully saturated rings. The maximum atomic E-state index is 12.0. The second-order valence-electron chi connectivity index (χ2n) is 6.03. The molecule has 25 heavy (non-hydrogen) atoms. The van der Waals surface area contributed by atoms with E-state index in [0.717, 1.165) is 25.7 Å². The summed E-state index contributed by atoms with van der Waals surface area (Å²) < 4.78 is 10.1. The molecule has 0 unspecified atom stereocenters. The Bertz CT molecular complexity index is 608. The van der Waals surface area contributed by atoms with Crippen LogP contribution in [0.2, 0.25) is 0 Å². The number of amides is 2. The lowest BCUT2D eigenvalue weighted by atomic mass is 10.2. The van der Waals surface area contributed by atoms with E-state index < -0.39 is 18.0 Å². The van der Waals surface area contributed by atoms with Gasteiger partial charge in [-0.05, 0) is 44.0 Å². The van der Waals surface area contributed by atoms with Crippen molar-refractivity contribution in [2.75, 3.05) is 13.7 Å². The van der Waals surface area contributed by atoms with Gasteiger partial charge in [-0.25, -0.2) is 0 Å². The van der Waals surface area contributed by atoms with E-state index in [1.54, 1.807) is 24.3 Å². The minimum atomic E-state index is -0.883. The summed E-state index contributed by atoms with van der Waals surface area (Å²) in [6.45, 7) is 1.22. The van der Waals surface area contributed by atoms with Gasteiger partial charge in [0.15, 0.2) is 6.10 Å². The van der Waals surface area contributed by atoms with Gasteiger partial charge in [-0.15, -0.1) is 0 Å². The third-order valence-corrected chi connectivity index (χ3v) is 4.12. The highest BCUT2D eigenvalue weighted by Crippen LogP contribution is 2.17. The SMILES string of the molecule is COc1ccc(C(=O)NCC(=O)O[C@H](C)C(=O)NC2CCCC2)cc1. The average molecular weight is 348 g/mol. The minimum absolute atomic E-state index is 0.170. The Morgan fingerprint density at radius 3 is 2.40 bits per heavy atom. The van der Waals surface area contributed by atoms with Crippen LogP contribution < -0.4 is 15.4 Å². The zero-order valence-electron chi connectivity index (χ0n) is 14.5. The second kappa shape index (κ2) is 9.05. The fraction of sp³-hybridized carbons (Fsp3) is 0.500. The smallest absolute Gasteiger partial charge is 0.326 e. The Morgan fingerprint density at radius 1 is 1.16 bits per heavy atom. The van der Waals surface area contributed by atoms with Crippen molar-refractivity contribution in [1.82, 2.24) is 10.6 Å². The van der Waals surface area contributed by atoms with Gasteiger partial charge in [0.2, 0.25) is 0 Å².